The molecule has 0 spiro atoms. The molecule has 148 valence electrons. The van der Waals surface area contributed by atoms with Gasteiger partial charge in [-0.25, -0.2) is 4.98 Å². The summed E-state index contributed by atoms with van der Waals surface area (Å²) in [5.41, 5.74) is 1.85. The molecule has 0 aliphatic rings. The van der Waals surface area contributed by atoms with Gasteiger partial charge in [-0.15, -0.1) is 11.3 Å². The summed E-state index contributed by atoms with van der Waals surface area (Å²) in [6.07, 6.45) is 1.53. The summed E-state index contributed by atoms with van der Waals surface area (Å²) in [7, 11) is 0. The summed E-state index contributed by atoms with van der Waals surface area (Å²) in [6.45, 7) is 3.84. The van der Waals surface area contributed by atoms with Crippen molar-refractivity contribution in [1.29, 1.82) is 0 Å². The lowest BCUT2D eigenvalue weighted by molar-refractivity contribution is -0.120. The van der Waals surface area contributed by atoms with Gasteiger partial charge in [-0.05, 0) is 44.2 Å². The average molecular weight is 410 g/mol. The van der Waals surface area contributed by atoms with Gasteiger partial charge in [0, 0.05) is 4.88 Å². The standard InChI is InChI=1S/C20H18N4O4S/c1-11-5-6-16(29-11)15-8-14(18-12(2)24-28-20(18)23-15)19(26)22-10-17(25)21-9-13-4-3-7-27-13/h3-8H,9-10H2,1-2H3,(H,21,25)(H,22,26). The molecule has 0 atom stereocenters. The molecule has 0 fully saturated rings. The van der Waals surface area contributed by atoms with Crippen molar-refractivity contribution in [2.24, 2.45) is 0 Å². The van der Waals surface area contributed by atoms with Gasteiger partial charge in [0.15, 0.2) is 0 Å². The van der Waals surface area contributed by atoms with E-state index < -0.39 is 5.91 Å². The van der Waals surface area contributed by atoms with Crippen molar-refractivity contribution in [3.05, 3.63) is 58.5 Å². The van der Waals surface area contributed by atoms with Crippen molar-refractivity contribution in [3.8, 4) is 10.6 Å². The number of furan rings is 1. The van der Waals surface area contributed by atoms with Gasteiger partial charge in [0.25, 0.3) is 11.6 Å². The van der Waals surface area contributed by atoms with E-state index in [0.29, 0.717) is 33.8 Å². The summed E-state index contributed by atoms with van der Waals surface area (Å²) >= 11 is 1.57. The fourth-order valence-corrected chi connectivity index (χ4v) is 3.72. The monoisotopic (exact) mass is 410 g/mol. The van der Waals surface area contributed by atoms with Crippen molar-refractivity contribution in [2.45, 2.75) is 20.4 Å². The Kier molecular flexibility index (Phi) is 5.13. The van der Waals surface area contributed by atoms with Crippen LogP contribution in [0.25, 0.3) is 21.7 Å². The lowest BCUT2D eigenvalue weighted by Crippen LogP contribution is -2.36. The zero-order chi connectivity index (χ0) is 20.4. The first-order chi connectivity index (χ1) is 14.0. The first kappa shape index (κ1) is 18.9. The lowest BCUT2D eigenvalue weighted by Gasteiger charge is -2.08. The number of fused-ring (bicyclic) bond motifs is 1. The number of amides is 2. The Morgan fingerprint density at radius 2 is 2.03 bits per heavy atom. The summed E-state index contributed by atoms with van der Waals surface area (Å²) in [5, 5.41) is 9.80. The van der Waals surface area contributed by atoms with Crippen LogP contribution in [0.1, 0.15) is 26.7 Å². The molecule has 4 rings (SSSR count). The molecule has 0 unspecified atom stereocenters. The third-order valence-electron chi connectivity index (χ3n) is 4.30. The van der Waals surface area contributed by atoms with E-state index in [2.05, 4.69) is 20.8 Å². The van der Waals surface area contributed by atoms with Crippen molar-refractivity contribution in [3.63, 3.8) is 0 Å². The van der Waals surface area contributed by atoms with Gasteiger partial charge >= 0.3 is 0 Å². The van der Waals surface area contributed by atoms with Gasteiger partial charge in [0.2, 0.25) is 5.91 Å². The molecule has 0 saturated heterocycles. The molecule has 0 bridgehead atoms. The zero-order valence-corrected chi connectivity index (χ0v) is 16.6. The second-order valence-corrected chi connectivity index (χ2v) is 7.74. The highest BCUT2D eigenvalue weighted by molar-refractivity contribution is 7.15. The van der Waals surface area contributed by atoms with E-state index in [0.717, 1.165) is 9.75 Å². The minimum atomic E-state index is -0.397. The van der Waals surface area contributed by atoms with Gasteiger partial charge in [-0.3, -0.25) is 9.59 Å². The SMILES string of the molecule is Cc1ccc(-c2cc(C(=O)NCC(=O)NCc3ccco3)c3c(C)noc3n2)s1. The van der Waals surface area contributed by atoms with Gasteiger partial charge < -0.3 is 19.6 Å². The first-order valence-corrected chi connectivity index (χ1v) is 9.74. The number of pyridine rings is 1. The maximum Gasteiger partial charge on any atom is 0.259 e. The largest absolute Gasteiger partial charge is 0.467 e. The van der Waals surface area contributed by atoms with E-state index >= 15 is 0 Å². The van der Waals surface area contributed by atoms with E-state index in [9.17, 15) is 9.59 Å². The first-order valence-electron chi connectivity index (χ1n) is 8.92. The highest BCUT2D eigenvalue weighted by Gasteiger charge is 2.20. The van der Waals surface area contributed by atoms with Crippen LogP contribution in [0.3, 0.4) is 0 Å². The zero-order valence-electron chi connectivity index (χ0n) is 15.8. The smallest absolute Gasteiger partial charge is 0.259 e. The van der Waals surface area contributed by atoms with Gasteiger partial charge in [0.05, 0.1) is 46.6 Å². The molecule has 2 amide bonds. The molecule has 29 heavy (non-hydrogen) atoms. The number of hydrogen-bond acceptors (Lipinski definition) is 7. The van der Waals surface area contributed by atoms with Crippen LogP contribution in [0, 0.1) is 13.8 Å². The van der Waals surface area contributed by atoms with Crippen LogP contribution in [0.15, 0.2) is 45.5 Å². The lowest BCUT2D eigenvalue weighted by atomic mass is 10.1. The minimum Gasteiger partial charge on any atom is -0.467 e. The Bertz CT molecular complexity index is 1180. The van der Waals surface area contributed by atoms with Gasteiger partial charge in [-0.2, -0.15) is 0 Å². The number of hydrogen-bond donors (Lipinski definition) is 2. The van der Waals surface area contributed by atoms with Crippen LogP contribution in [0.2, 0.25) is 0 Å². The van der Waals surface area contributed by atoms with Crippen LogP contribution in [-0.2, 0) is 11.3 Å². The minimum absolute atomic E-state index is 0.166. The Balaban J connectivity index is 1.53. The fraction of sp³-hybridized carbons (Fsp3) is 0.200. The average Bonchev–Trinajstić information content (AvgIpc) is 3.46. The highest BCUT2D eigenvalue weighted by Crippen LogP contribution is 2.30. The Morgan fingerprint density at radius 3 is 2.76 bits per heavy atom. The Labute approximate surface area is 169 Å². The van der Waals surface area contributed by atoms with Crippen molar-refractivity contribution in [1.82, 2.24) is 20.8 Å². The van der Waals surface area contributed by atoms with Crippen LogP contribution in [0.5, 0.6) is 0 Å². The number of nitrogens with zero attached hydrogens (tertiary/aromatic N) is 2. The molecule has 9 heteroatoms. The predicted molar refractivity (Wildman–Crippen MR) is 107 cm³/mol. The number of aromatic nitrogens is 2. The van der Waals surface area contributed by atoms with Crippen LogP contribution >= 0.6 is 11.3 Å². The molecule has 0 aliphatic heterocycles. The molecule has 2 N–H and O–H groups in total. The number of thiophene rings is 1. The topological polar surface area (TPSA) is 110 Å². The third-order valence-corrected chi connectivity index (χ3v) is 5.33. The molecule has 0 saturated carbocycles. The van der Waals surface area contributed by atoms with Crippen LogP contribution in [-0.4, -0.2) is 28.5 Å². The quantitative estimate of drug-likeness (QED) is 0.505. The number of nitrogens with one attached hydrogen (secondary N) is 2. The molecule has 8 nitrogen and oxygen atoms in total. The second kappa shape index (κ2) is 7.88. The van der Waals surface area contributed by atoms with Crippen molar-refractivity contribution >= 4 is 34.3 Å². The molecule has 4 heterocycles. The van der Waals surface area contributed by atoms with E-state index in [1.54, 1.807) is 36.5 Å². The molecular weight excluding hydrogens is 392 g/mol. The molecule has 0 aromatic carbocycles. The summed E-state index contributed by atoms with van der Waals surface area (Å²) in [5.74, 6) is -0.0842. The number of carbonyl (C=O) groups excluding carboxylic acids is 2. The summed E-state index contributed by atoms with van der Waals surface area (Å²) in [4.78, 5) is 31.4. The molecule has 4 aromatic rings. The molecule has 0 radical (unpaired) electrons. The Hall–Kier alpha value is -3.46. The molecule has 0 aliphatic carbocycles. The third kappa shape index (κ3) is 4.04. The van der Waals surface area contributed by atoms with Gasteiger partial charge in [-0.1, -0.05) is 5.16 Å². The maximum absolute atomic E-state index is 12.8. The fourth-order valence-electron chi connectivity index (χ4n) is 2.89. The van der Waals surface area contributed by atoms with Crippen LogP contribution in [0.4, 0.5) is 0 Å². The predicted octanol–water partition coefficient (Wildman–Crippen LogP) is 3.21. The second-order valence-electron chi connectivity index (χ2n) is 6.45. The Morgan fingerprint density at radius 1 is 1.17 bits per heavy atom. The van der Waals surface area contributed by atoms with E-state index in [1.165, 1.54) is 6.26 Å². The summed E-state index contributed by atoms with van der Waals surface area (Å²) in [6, 6.07) is 9.14. The number of aryl methyl sites for hydroxylation is 2. The van der Waals surface area contributed by atoms with E-state index in [-0.39, 0.29) is 19.0 Å². The molecule has 4 aromatic heterocycles. The number of carbonyl (C=O) groups is 2. The maximum atomic E-state index is 12.8. The number of rotatable bonds is 6. The van der Waals surface area contributed by atoms with Crippen molar-refractivity contribution < 1.29 is 18.5 Å². The van der Waals surface area contributed by atoms with Gasteiger partial charge in [0.1, 0.15) is 5.76 Å². The molecular formula is C20H18N4O4S. The van der Waals surface area contributed by atoms with Crippen molar-refractivity contribution in [2.75, 3.05) is 6.54 Å². The van der Waals surface area contributed by atoms with E-state index in [1.807, 2.05) is 19.1 Å². The normalized spacial score (nSPS) is 11.0. The van der Waals surface area contributed by atoms with E-state index in [4.69, 9.17) is 8.94 Å². The highest BCUT2D eigenvalue weighted by atomic mass is 32.1. The van der Waals surface area contributed by atoms with Crippen LogP contribution < -0.4 is 10.6 Å². The summed E-state index contributed by atoms with van der Waals surface area (Å²) < 4.78 is 10.5.